The number of anilines is 1. The molecule has 0 aliphatic rings. The molecule has 0 atom stereocenters. The van der Waals surface area contributed by atoms with Crippen LogP contribution in [-0.2, 0) is 4.79 Å². The molecule has 2 aromatic carbocycles. The zero-order valence-electron chi connectivity index (χ0n) is 14.8. The summed E-state index contributed by atoms with van der Waals surface area (Å²) in [5.41, 5.74) is 2.01. The van der Waals surface area contributed by atoms with Crippen LogP contribution in [0.1, 0.15) is 0 Å². The first kappa shape index (κ1) is 18.9. The Kier molecular flexibility index (Phi) is 5.29. The predicted molar refractivity (Wildman–Crippen MR) is 111 cm³/mol. The molecule has 7 nitrogen and oxygen atoms in total. The normalized spacial score (nSPS) is 11.1. The number of rotatable bonds is 6. The summed E-state index contributed by atoms with van der Waals surface area (Å²) in [5, 5.41) is 4.29. The minimum atomic E-state index is -0.205. The van der Waals surface area contributed by atoms with Gasteiger partial charge >= 0.3 is 0 Å². The minimum Gasteiger partial charge on any atom is -0.493 e. The highest BCUT2D eigenvalue weighted by atomic mass is 35.5. The molecular weight excluding hydrogens is 422 g/mol. The number of carbonyl (C=O) groups is 1. The van der Waals surface area contributed by atoms with Crippen LogP contribution in [-0.4, -0.2) is 35.8 Å². The summed E-state index contributed by atoms with van der Waals surface area (Å²) in [6.45, 7) is 0. The van der Waals surface area contributed by atoms with Crippen molar-refractivity contribution < 1.29 is 18.7 Å². The summed E-state index contributed by atoms with van der Waals surface area (Å²) < 4.78 is 17.1. The van der Waals surface area contributed by atoms with E-state index in [9.17, 15) is 4.79 Å². The van der Waals surface area contributed by atoms with E-state index < -0.39 is 0 Å². The van der Waals surface area contributed by atoms with Crippen molar-refractivity contribution in [3.63, 3.8) is 0 Å². The van der Waals surface area contributed by atoms with Crippen molar-refractivity contribution in [1.82, 2.24) is 9.97 Å². The molecule has 2 heterocycles. The summed E-state index contributed by atoms with van der Waals surface area (Å²) in [5.74, 6) is 1.14. The van der Waals surface area contributed by atoms with Crippen LogP contribution < -0.4 is 14.8 Å². The fourth-order valence-corrected chi connectivity index (χ4v) is 4.23. The van der Waals surface area contributed by atoms with Crippen LogP contribution in [0.4, 0.5) is 5.13 Å². The van der Waals surface area contributed by atoms with Crippen molar-refractivity contribution in [1.29, 1.82) is 0 Å². The first-order valence-electron chi connectivity index (χ1n) is 8.07. The lowest BCUT2D eigenvalue weighted by molar-refractivity contribution is -0.113. The second kappa shape index (κ2) is 7.86. The van der Waals surface area contributed by atoms with Gasteiger partial charge in [0.25, 0.3) is 5.22 Å². The van der Waals surface area contributed by atoms with Crippen LogP contribution >= 0.6 is 34.7 Å². The molecule has 2 aromatic heterocycles. The Morgan fingerprint density at radius 1 is 1.18 bits per heavy atom. The van der Waals surface area contributed by atoms with Crippen LogP contribution in [0.15, 0.2) is 40.0 Å². The highest BCUT2D eigenvalue weighted by Crippen LogP contribution is 2.36. The van der Waals surface area contributed by atoms with E-state index in [1.54, 1.807) is 38.5 Å². The molecule has 0 radical (unpaired) electrons. The van der Waals surface area contributed by atoms with Gasteiger partial charge in [-0.3, -0.25) is 4.79 Å². The molecule has 10 heteroatoms. The molecule has 0 unspecified atom stereocenters. The molecule has 4 rings (SSSR count). The fourth-order valence-electron chi connectivity index (χ4n) is 2.53. The number of thioether (sulfide) groups is 1. The average Bonchev–Trinajstić information content (AvgIpc) is 3.26. The molecule has 4 aromatic rings. The molecule has 0 fully saturated rings. The third-order valence-electron chi connectivity index (χ3n) is 3.80. The summed E-state index contributed by atoms with van der Waals surface area (Å²) in [6.07, 6.45) is 0. The van der Waals surface area contributed by atoms with Gasteiger partial charge in [-0.15, -0.1) is 0 Å². The largest absolute Gasteiger partial charge is 0.493 e. The van der Waals surface area contributed by atoms with E-state index in [2.05, 4.69) is 15.3 Å². The number of halogens is 1. The van der Waals surface area contributed by atoms with Crippen LogP contribution in [0.3, 0.4) is 0 Å². The Labute approximate surface area is 173 Å². The first-order chi connectivity index (χ1) is 13.6. The quantitative estimate of drug-likeness (QED) is 0.433. The van der Waals surface area contributed by atoms with Gasteiger partial charge in [0.05, 0.1) is 30.2 Å². The highest BCUT2D eigenvalue weighted by molar-refractivity contribution is 7.99. The Morgan fingerprint density at radius 2 is 1.96 bits per heavy atom. The maximum absolute atomic E-state index is 12.3. The number of fused-ring (bicyclic) bond motifs is 2. The van der Waals surface area contributed by atoms with Gasteiger partial charge in [0.1, 0.15) is 5.52 Å². The maximum atomic E-state index is 12.3. The van der Waals surface area contributed by atoms with E-state index in [1.807, 2.05) is 6.07 Å². The van der Waals surface area contributed by atoms with Crippen molar-refractivity contribution >= 4 is 67.1 Å². The Balaban J connectivity index is 1.44. The lowest BCUT2D eigenvalue weighted by atomic mass is 10.3. The summed E-state index contributed by atoms with van der Waals surface area (Å²) in [4.78, 5) is 21.0. The summed E-state index contributed by atoms with van der Waals surface area (Å²) >= 11 is 8.51. The van der Waals surface area contributed by atoms with Gasteiger partial charge in [-0.05, 0) is 18.2 Å². The number of benzene rings is 2. The van der Waals surface area contributed by atoms with E-state index in [0.717, 1.165) is 10.2 Å². The zero-order chi connectivity index (χ0) is 19.7. The number of hydrogen-bond acceptors (Lipinski definition) is 8. The Bertz CT molecular complexity index is 1130. The molecule has 0 aliphatic heterocycles. The minimum absolute atomic E-state index is 0.142. The van der Waals surface area contributed by atoms with Gasteiger partial charge in [-0.1, -0.05) is 34.7 Å². The van der Waals surface area contributed by atoms with Gasteiger partial charge < -0.3 is 19.2 Å². The van der Waals surface area contributed by atoms with Gasteiger partial charge in [0, 0.05) is 17.2 Å². The number of oxazole rings is 1. The number of amides is 1. The lowest BCUT2D eigenvalue weighted by Crippen LogP contribution is -2.13. The van der Waals surface area contributed by atoms with E-state index in [4.69, 9.17) is 25.5 Å². The average molecular weight is 436 g/mol. The first-order valence-corrected chi connectivity index (χ1v) is 10.2. The Morgan fingerprint density at radius 3 is 2.75 bits per heavy atom. The SMILES string of the molecule is COc1cc2nc(NC(=O)CSc3nc4cc(Cl)ccc4o3)sc2cc1OC. The van der Waals surface area contributed by atoms with Crippen molar-refractivity contribution in [2.75, 3.05) is 25.3 Å². The van der Waals surface area contributed by atoms with Crippen molar-refractivity contribution in [3.05, 3.63) is 35.4 Å². The van der Waals surface area contributed by atoms with Gasteiger partial charge in [0.15, 0.2) is 22.2 Å². The standard InChI is InChI=1S/C18H14ClN3O4S2/c1-24-13-6-11-15(7-14(13)25-2)28-17(20-11)22-16(23)8-27-18-21-10-5-9(19)3-4-12(10)26-18/h3-7H,8H2,1-2H3,(H,20,22,23). The van der Waals surface area contributed by atoms with Gasteiger partial charge in [0.2, 0.25) is 5.91 Å². The predicted octanol–water partition coefficient (Wildman–Crippen LogP) is 4.84. The second-order valence-corrected chi connectivity index (χ2v) is 8.02. The maximum Gasteiger partial charge on any atom is 0.257 e. The number of carbonyl (C=O) groups excluding carboxylic acids is 1. The van der Waals surface area contributed by atoms with Crippen LogP contribution in [0.5, 0.6) is 11.5 Å². The molecule has 1 amide bonds. The second-order valence-electron chi connectivity index (χ2n) is 5.62. The number of hydrogen-bond donors (Lipinski definition) is 1. The number of nitrogens with one attached hydrogen (secondary N) is 1. The molecule has 0 saturated carbocycles. The van der Waals surface area contributed by atoms with Crippen LogP contribution in [0, 0.1) is 0 Å². The van der Waals surface area contributed by atoms with Crippen molar-refractivity contribution in [2.45, 2.75) is 5.22 Å². The van der Waals surface area contributed by atoms with E-state index in [1.165, 1.54) is 23.1 Å². The smallest absolute Gasteiger partial charge is 0.257 e. The molecule has 0 spiro atoms. The Hall–Kier alpha value is -2.49. The number of nitrogens with zero attached hydrogens (tertiary/aromatic N) is 2. The van der Waals surface area contributed by atoms with Crippen molar-refractivity contribution in [2.24, 2.45) is 0 Å². The number of ether oxygens (including phenoxy) is 2. The third-order valence-corrected chi connectivity index (χ3v) is 5.79. The summed E-state index contributed by atoms with van der Waals surface area (Å²) in [6, 6.07) is 8.80. The molecule has 28 heavy (non-hydrogen) atoms. The molecule has 0 bridgehead atoms. The van der Waals surface area contributed by atoms with Crippen molar-refractivity contribution in [3.8, 4) is 11.5 Å². The highest BCUT2D eigenvalue weighted by Gasteiger charge is 2.14. The number of aromatic nitrogens is 2. The van der Waals surface area contributed by atoms with Gasteiger partial charge in [-0.25, -0.2) is 9.97 Å². The molecule has 1 N–H and O–H groups in total. The molecule has 144 valence electrons. The number of thiazole rings is 1. The monoisotopic (exact) mass is 435 g/mol. The van der Waals surface area contributed by atoms with Crippen LogP contribution in [0.25, 0.3) is 21.3 Å². The van der Waals surface area contributed by atoms with E-state index in [0.29, 0.717) is 38.0 Å². The molecule has 0 aliphatic carbocycles. The topological polar surface area (TPSA) is 86.5 Å². The zero-order valence-corrected chi connectivity index (χ0v) is 17.2. The van der Waals surface area contributed by atoms with E-state index >= 15 is 0 Å². The summed E-state index contributed by atoms with van der Waals surface area (Å²) in [7, 11) is 3.14. The van der Waals surface area contributed by atoms with Crippen LogP contribution in [0.2, 0.25) is 5.02 Å². The molecule has 0 saturated heterocycles. The third kappa shape index (κ3) is 3.87. The lowest BCUT2D eigenvalue weighted by Gasteiger charge is -2.05. The van der Waals surface area contributed by atoms with Gasteiger partial charge in [-0.2, -0.15) is 0 Å². The number of methoxy groups -OCH3 is 2. The molecular formula is C18H14ClN3O4S2. The fraction of sp³-hybridized carbons (Fsp3) is 0.167. The van der Waals surface area contributed by atoms with E-state index in [-0.39, 0.29) is 11.7 Å².